The van der Waals surface area contributed by atoms with E-state index in [0.717, 1.165) is 19.3 Å². The molecule has 6 heteroatoms. The van der Waals surface area contributed by atoms with Gasteiger partial charge < -0.3 is 9.29 Å². The summed E-state index contributed by atoms with van der Waals surface area (Å²) in [6, 6.07) is 0. The number of hydrogen-bond donors (Lipinski definition) is 0. The van der Waals surface area contributed by atoms with E-state index in [1.54, 1.807) is 0 Å². The van der Waals surface area contributed by atoms with E-state index in [4.69, 9.17) is 4.74 Å². The average molecular weight is 315 g/mol. The minimum absolute atomic E-state index is 0.0772. The topological polar surface area (TPSA) is 83.5 Å². The minimum atomic E-state index is -4.15. The molecule has 0 N–H and O–H groups in total. The van der Waals surface area contributed by atoms with E-state index in [1.807, 2.05) is 0 Å². The zero-order valence-electron chi connectivity index (χ0n) is 12.3. The summed E-state index contributed by atoms with van der Waals surface area (Å²) in [5.74, 6) is 1.66. The zero-order valence-corrected chi connectivity index (χ0v) is 13.1. The zero-order chi connectivity index (χ0) is 15.1. The fraction of sp³-hybridized carbons (Fsp3) is 0.933. The Morgan fingerprint density at radius 3 is 2.05 bits per heavy atom. The Kier molecular flexibility index (Phi) is 4.03. The van der Waals surface area contributed by atoms with E-state index in [2.05, 4.69) is 0 Å². The molecule has 0 aromatic heterocycles. The SMILES string of the molecule is O=C(OCCCCS(=O)(=O)[O-])C12CC3CC(CC(C3)C1)C2. The first-order chi connectivity index (χ1) is 9.86. The Hall–Kier alpha value is -0.620. The molecule has 4 aliphatic rings. The lowest BCUT2D eigenvalue weighted by molar-refractivity contribution is -0.171. The van der Waals surface area contributed by atoms with E-state index in [0.29, 0.717) is 24.2 Å². The molecule has 0 aromatic rings. The highest BCUT2D eigenvalue weighted by molar-refractivity contribution is 7.85. The summed E-state index contributed by atoms with van der Waals surface area (Å²) in [7, 11) is -4.15. The molecule has 0 atom stereocenters. The summed E-state index contributed by atoms with van der Waals surface area (Å²) in [4.78, 5) is 12.5. The molecule has 0 amide bonds. The molecule has 0 radical (unpaired) electrons. The first-order valence-corrected chi connectivity index (χ1v) is 9.55. The smallest absolute Gasteiger partial charge is 0.312 e. The van der Waals surface area contributed by atoms with Crippen molar-refractivity contribution in [2.24, 2.45) is 23.2 Å². The summed E-state index contributed by atoms with van der Waals surface area (Å²) < 4.78 is 36.9. The largest absolute Gasteiger partial charge is 0.748 e. The van der Waals surface area contributed by atoms with Gasteiger partial charge in [0.2, 0.25) is 0 Å². The van der Waals surface area contributed by atoms with Gasteiger partial charge in [0.15, 0.2) is 0 Å². The number of esters is 1. The molecule has 0 aromatic carbocycles. The number of ether oxygens (including phenoxy) is 1. The van der Waals surface area contributed by atoms with Gasteiger partial charge in [0, 0.05) is 5.75 Å². The van der Waals surface area contributed by atoms with Gasteiger partial charge in [0.25, 0.3) is 0 Å². The molecule has 0 unspecified atom stereocenters. The van der Waals surface area contributed by atoms with Crippen LogP contribution in [0.15, 0.2) is 0 Å². The molecule has 0 aliphatic heterocycles. The lowest BCUT2D eigenvalue weighted by atomic mass is 9.49. The van der Waals surface area contributed by atoms with Gasteiger partial charge in [0.1, 0.15) is 0 Å². The molecule has 4 rings (SSSR count). The second kappa shape index (κ2) is 5.54. The summed E-state index contributed by atoms with van der Waals surface area (Å²) in [6.07, 6.45) is 7.50. The van der Waals surface area contributed by atoms with Gasteiger partial charge in [-0.3, -0.25) is 4.79 Å². The van der Waals surface area contributed by atoms with Crippen LogP contribution in [0.5, 0.6) is 0 Å². The van der Waals surface area contributed by atoms with Crippen LogP contribution in [-0.2, 0) is 19.6 Å². The summed E-state index contributed by atoms with van der Waals surface area (Å²) >= 11 is 0. The molecule has 4 bridgehead atoms. The molecule has 0 heterocycles. The maximum absolute atomic E-state index is 12.5. The van der Waals surface area contributed by atoms with E-state index < -0.39 is 10.1 Å². The molecule has 4 aliphatic carbocycles. The molecule has 5 nitrogen and oxygen atoms in total. The van der Waals surface area contributed by atoms with Gasteiger partial charge in [-0.15, -0.1) is 0 Å². The van der Waals surface area contributed by atoms with Crippen molar-refractivity contribution in [1.29, 1.82) is 0 Å². The fourth-order valence-corrected chi connectivity index (χ4v) is 5.62. The monoisotopic (exact) mass is 315 g/mol. The van der Waals surface area contributed by atoms with Crippen LogP contribution < -0.4 is 0 Å². The Balaban J connectivity index is 1.47. The highest BCUT2D eigenvalue weighted by atomic mass is 32.2. The van der Waals surface area contributed by atoms with Crippen LogP contribution in [-0.4, -0.2) is 31.3 Å². The summed E-state index contributed by atoms with van der Waals surface area (Å²) in [6.45, 7) is 0.232. The van der Waals surface area contributed by atoms with Crippen LogP contribution in [0.25, 0.3) is 0 Å². The third-order valence-corrected chi connectivity index (χ3v) is 6.28. The second-order valence-electron chi connectivity index (χ2n) is 7.30. The molecular weight excluding hydrogens is 292 g/mol. The lowest BCUT2D eigenvalue weighted by Crippen LogP contribution is -2.50. The minimum Gasteiger partial charge on any atom is -0.748 e. The second-order valence-corrected chi connectivity index (χ2v) is 8.83. The third kappa shape index (κ3) is 3.42. The number of unbranched alkanes of at least 4 members (excludes halogenated alkanes) is 1. The Morgan fingerprint density at radius 2 is 1.57 bits per heavy atom. The summed E-state index contributed by atoms with van der Waals surface area (Å²) in [5, 5.41) is 0. The number of rotatable bonds is 6. The van der Waals surface area contributed by atoms with Crippen LogP contribution in [0, 0.1) is 23.2 Å². The van der Waals surface area contributed by atoms with Gasteiger partial charge >= 0.3 is 5.97 Å². The Labute approximate surface area is 126 Å². The van der Waals surface area contributed by atoms with Crippen molar-refractivity contribution in [2.45, 2.75) is 51.4 Å². The van der Waals surface area contributed by atoms with Crippen molar-refractivity contribution in [1.82, 2.24) is 0 Å². The van der Waals surface area contributed by atoms with E-state index >= 15 is 0 Å². The van der Waals surface area contributed by atoms with E-state index in [9.17, 15) is 17.8 Å². The predicted octanol–water partition coefficient (Wildman–Crippen LogP) is 2.07. The van der Waals surface area contributed by atoms with Crippen molar-refractivity contribution >= 4 is 16.1 Å². The number of hydrogen-bond acceptors (Lipinski definition) is 5. The normalized spacial score (nSPS) is 37.7. The van der Waals surface area contributed by atoms with Crippen molar-refractivity contribution in [3.63, 3.8) is 0 Å². The van der Waals surface area contributed by atoms with Crippen LogP contribution in [0.4, 0.5) is 0 Å². The Morgan fingerprint density at radius 1 is 1.05 bits per heavy atom. The van der Waals surface area contributed by atoms with Gasteiger partial charge in [-0.1, -0.05) is 0 Å². The summed E-state index contributed by atoms with van der Waals surface area (Å²) in [5.41, 5.74) is -0.251. The standard InChI is InChI=1S/C15H24O5S/c16-14(20-3-1-2-4-21(17,18)19)15-8-11-5-12(9-15)7-13(6-11)10-15/h11-13H,1-10H2,(H,17,18,19)/p-1. The van der Waals surface area contributed by atoms with Crippen LogP contribution >= 0.6 is 0 Å². The molecular formula is C15H23O5S-. The molecule has 120 valence electrons. The van der Waals surface area contributed by atoms with Gasteiger partial charge in [0.05, 0.1) is 22.1 Å². The fourth-order valence-electron chi connectivity index (χ4n) is 5.06. The predicted molar refractivity (Wildman–Crippen MR) is 75.4 cm³/mol. The average Bonchev–Trinajstić information content (AvgIpc) is 2.35. The molecule has 4 fully saturated rings. The highest BCUT2D eigenvalue weighted by Gasteiger charge is 2.55. The van der Waals surface area contributed by atoms with Gasteiger partial charge in [-0.2, -0.15) is 0 Å². The van der Waals surface area contributed by atoms with Gasteiger partial charge in [-0.05, 0) is 69.1 Å². The molecule has 21 heavy (non-hydrogen) atoms. The first kappa shape index (κ1) is 15.3. The molecule has 0 spiro atoms. The van der Waals surface area contributed by atoms with Gasteiger partial charge in [-0.25, -0.2) is 8.42 Å². The van der Waals surface area contributed by atoms with Crippen LogP contribution in [0.3, 0.4) is 0 Å². The Bertz CT molecular complexity index is 475. The van der Waals surface area contributed by atoms with Crippen molar-refractivity contribution in [3.8, 4) is 0 Å². The van der Waals surface area contributed by atoms with Crippen molar-refractivity contribution < 1.29 is 22.5 Å². The third-order valence-electron chi connectivity index (χ3n) is 5.49. The maximum atomic E-state index is 12.5. The lowest BCUT2D eigenvalue weighted by Gasteiger charge is -2.55. The van der Waals surface area contributed by atoms with Crippen molar-refractivity contribution in [2.75, 3.05) is 12.4 Å². The first-order valence-electron chi connectivity index (χ1n) is 7.97. The van der Waals surface area contributed by atoms with Crippen molar-refractivity contribution in [3.05, 3.63) is 0 Å². The van der Waals surface area contributed by atoms with Crippen LogP contribution in [0.1, 0.15) is 51.4 Å². The van der Waals surface area contributed by atoms with Crippen LogP contribution in [0.2, 0.25) is 0 Å². The number of carbonyl (C=O) groups excluding carboxylic acids is 1. The van der Waals surface area contributed by atoms with E-state index in [1.165, 1.54) is 19.3 Å². The maximum Gasteiger partial charge on any atom is 0.312 e. The van der Waals surface area contributed by atoms with E-state index in [-0.39, 0.29) is 30.2 Å². The highest BCUT2D eigenvalue weighted by Crippen LogP contribution is 2.60. The molecule has 4 saturated carbocycles. The number of carbonyl (C=O) groups is 1. The molecule has 0 saturated heterocycles. The quantitative estimate of drug-likeness (QED) is 0.425.